The summed E-state index contributed by atoms with van der Waals surface area (Å²) in [6, 6.07) is 9.03. The number of aliphatic carboxylic acids is 1. The zero-order valence-electron chi connectivity index (χ0n) is 15.6. The maximum absolute atomic E-state index is 10.8. The van der Waals surface area contributed by atoms with E-state index in [9.17, 15) is 4.79 Å². The van der Waals surface area contributed by atoms with Gasteiger partial charge in [-0.2, -0.15) is 0 Å². The SMILES string of the molecule is C/C=C/Oc1ccc(-c2noc3cc(Cl)c(OCC(=O)O)cc23)c(CCC)c1. The van der Waals surface area contributed by atoms with Crippen LogP contribution in [0.5, 0.6) is 11.5 Å². The zero-order valence-corrected chi connectivity index (χ0v) is 16.3. The summed E-state index contributed by atoms with van der Waals surface area (Å²) < 4.78 is 16.3. The minimum atomic E-state index is -1.08. The second kappa shape index (κ2) is 8.80. The summed E-state index contributed by atoms with van der Waals surface area (Å²) in [5, 5.41) is 14.0. The van der Waals surface area contributed by atoms with Crippen LogP contribution in [0, 0.1) is 0 Å². The number of aryl methyl sites for hydroxylation is 1. The van der Waals surface area contributed by atoms with E-state index in [1.807, 2.05) is 31.2 Å². The summed E-state index contributed by atoms with van der Waals surface area (Å²) in [5.74, 6) is -0.0682. The lowest BCUT2D eigenvalue weighted by molar-refractivity contribution is -0.139. The first-order valence-electron chi connectivity index (χ1n) is 8.88. The molecule has 0 bridgehead atoms. The number of hydrogen-bond acceptors (Lipinski definition) is 5. The van der Waals surface area contributed by atoms with Crippen LogP contribution in [0.4, 0.5) is 0 Å². The Morgan fingerprint density at radius 1 is 1.32 bits per heavy atom. The van der Waals surface area contributed by atoms with Gasteiger partial charge in [-0.05, 0) is 43.2 Å². The zero-order chi connectivity index (χ0) is 20.1. The second-order valence-electron chi connectivity index (χ2n) is 6.15. The van der Waals surface area contributed by atoms with Crippen LogP contribution in [0.15, 0.2) is 47.2 Å². The van der Waals surface area contributed by atoms with Gasteiger partial charge in [-0.3, -0.25) is 0 Å². The second-order valence-corrected chi connectivity index (χ2v) is 6.56. The van der Waals surface area contributed by atoms with Gasteiger partial charge in [0.15, 0.2) is 12.2 Å². The third-order valence-corrected chi connectivity index (χ3v) is 4.36. The van der Waals surface area contributed by atoms with Crippen LogP contribution in [0.25, 0.3) is 22.2 Å². The molecule has 3 aromatic rings. The number of nitrogens with zero attached hydrogens (tertiary/aromatic N) is 1. The van der Waals surface area contributed by atoms with E-state index in [1.165, 1.54) is 0 Å². The van der Waals surface area contributed by atoms with Crippen molar-refractivity contribution in [1.82, 2.24) is 5.16 Å². The molecule has 0 saturated carbocycles. The van der Waals surface area contributed by atoms with Crippen molar-refractivity contribution < 1.29 is 23.9 Å². The number of carbonyl (C=O) groups is 1. The van der Waals surface area contributed by atoms with E-state index < -0.39 is 12.6 Å². The summed E-state index contributed by atoms with van der Waals surface area (Å²) >= 11 is 6.16. The first-order chi connectivity index (χ1) is 13.5. The van der Waals surface area contributed by atoms with Crippen molar-refractivity contribution in [3.63, 3.8) is 0 Å². The van der Waals surface area contributed by atoms with Crippen LogP contribution in [0.2, 0.25) is 5.02 Å². The molecule has 0 spiro atoms. The number of rotatable bonds is 8. The molecule has 3 rings (SSSR count). The Labute approximate surface area is 167 Å². The lowest BCUT2D eigenvalue weighted by Crippen LogP contribution is -2.09. The first-order valence-corrected chi connectivity index (χ1v) is 9.26. The smallest absolute Gasteiger partial charge is 0.341 e. The van der Waals surface area contributed by atoms with Crippen LogP contribution in [0.3, 0.4) is 0 Å². The molecule has 0 fully saturated rings. The van der Waals surface area contributed by atoms with Gasteiger partial charge in [0.2, 0.25) is 0 Å². The van der Waals surface area contributed by atoms with E-state index in [1.54, 1.807) is 18.4 Å². The monoisotopic (exact) mass is 401 g/mol. The van der Waals surface area contributed by atoms with Crippen LogP contribution < -0.4 is 9.47 Å². The van der Waals surface area contributed by atoms with E-state index in [4.69, 9.17) is 30.7 Å². The van der Waals surface area contributed by atoms with Gasteiger partial charge < -0.3 is 19.1 Å². The van der Waals surface area contributed by atoms with Crippen molar-refractivity contribution in [2.75, 3.05) is 6.61 Å². The topological polar surface area (TPSA) is 81.8 Å². The first kappa shape index (κ1) is 19.8. The van der Waals surface area contributed by atoms with Crippen molar-refractivity contribution in [3.8, 4) is 22.8 Å². The van der Waals surface area contributed by atoms with Crippen molar-refractivity contribution in [2.24, 2.45) is 0 Å². The summed E-state index contributed by atoms with van der Waals surface area (Å²) in [4.78, 5) is 10.8. The highest BCUT2D eigenvalue weighted by molar-refractivity contribution is 6.32. The summed E-state index contributed by atoms with van der Waals surface area (Å²) in [6.07, 6.45) is 5.24. The number of hydrogen-bond donors (Lipinski definition) is 1. The average molecular weight is 402 g/mol. The lowest BCUT2D eigenvalue weighted by Gasteiger charge is -2.10. The predicted molar refractivity (Wildman–Crippen MR) is 107 cm³/mol. The molecule has 6 nitrogen and oxygen atoms in total. The number of halogens is 1. The molecule has 2 aromatic carbocycles. The Balaban J connectivity index is 2.07. The quantitative estimate of drug-likeness (QED) is 0.503. The van der Waals surface area contributed by atoms with Gasteiger partial charge in [0, 0.05) is 11.6 Å². The molecule has 0 aliphatic rings. The number of aromatic nitrogens is 1. The molecule has 0 aliphatic carbocycles. The normalized spacial score (nSPS) is 11.2. The van der Waals surface area contributed by atoms with Crippen molar-refractivity contribution in [2.45, 2.75) is 26.7 Å². The van der Waals surface area contributed by atoms with Gasteiger partial charge in [-0.1, -0.05) is 36.2 Å². The number of fused-ring (bicyclic) bond motifs is 1. The standard InChI is InChI=1S/C21H20ClNO5/c1-3-5-13-9-14(26-8-4-2)6-7-15(13)21-16-10-19(27-12-20(24)25)17(22)11-18(16)28-23-21/h4,6-11H,3,5,12H2,1-2H3,(H,24,25)/b8-4+. The Bertz CT molecular complexity index is 1030. The van der Waals surface area contributed by atoms with Crippen LogP contribution in [-0.2, 0) is 11.2 Å². The van der Waals surface area contributed by atoms with Gasteiger partial charge in [0.05, 0.1) is 16.7 Å². The number of carboxylic acids is 1. The van der Waals surface area contributed by atoms with Gasteiger partial charge in [0.1, 0.15) is 17.2 Å². The molecule has 146 valence electrons. The average Bonchev–Trinajstić information content (AvgIpc) is 3.07. The Hall–Kier alpha value is -2.99. The van der Waals surface area contributed by atoms with Crippen LogP contribution >= 0.6 is 11.6 Å². The van der Waals surface area contributed by atoms with Crippen LogP contribution in [0.1, 0.15) is 25.8 Å². The lowest BCUT2D eigenvalue weighted by atomic mass is 9.98. The van der Waals surface area contributed by atoms with Crippen LogP contribution in [-0.4, -0.2) is 22.8 Å². The molecule has 1 heterocycles. The number of ether oxygens (including phenoxy) is 2. The molecular weight excluding hydrogens is 382 g/mol. The molecule has 0 amide bonds. The molecule has 28 heavy (non-hydrogen) atoms. The van der Waals surface area contributed by atoms with Crippen molar-refractivity contribution in [1.29, 1.82) is 0 Å². The Morgan fingerprint density at radius 2 is 2.14 bits per heavy atom. The van der Waals surface area contributed by atoms with Gasteiger partial charge in [0.25, 0.3) is 0 Å². The molecule has 7 heteroatoms. The maximum atomic E-state index is 10.8. The number of allylic oxidation sites excluding steroid dienone is 1. The molecule has 1 N–H and O–H groups in total. The third-order valence-electron chi connectivity index (χ3n) is 4.07. The largest absolute Gasteiger partial charge is 0.480 e. The highest BCUT2D eigenvalue weighted by Crippen LogP contribution is 2.37. The van der Waals surface area contributed by atoms with E-state index >= 15 is 0 Å². The third kappa shape index (κ3) is 4.28. The number of benzene rings is 2. The highest BCUT2D eigenvalue weighted by atomic mass is 35.5. The van der Waals surface area contributed by atoms with Gasteiger partial charge in [-0.25, -0.2) is 4.79 Å². The molecule has 1 aromatic heterocycles. The fraction of sp³-hybridized carbons (Fsp3) is 0.238. The predicted octanol–water partition coefficient (Wildman–Crippen LogP) is 5.48. The fourth-order valence-electron chi connectivity index (χ4n) is 2.88. The molecule has 0 unspecified atom stereocenters. The van der Waals surface area contributed by atoms with E-state index in [0.29, 0.717) is 16.7 Å². The molecule has 0 radical (unpaired) electrons. The van der Waals surface area contributed by atoms with E-state index in [0.717, 1.165) is 29.7 Å². The van der Waals surface area contributed by atoms with Gasteiger partial charge in [-0.15, -0.1) is 0 Å². The fourth-order valence-corrected chi connectivity index (χ4v) is 3.09. The summed E-state index contributed by atoms with van der Waals surface area (Å²) in [5.41, 5.74) is 3.13. The Morgan fingerprint density at radius 3 is 2.86 bits per heavy atom. The number of carboxylic acid groups (broad SMARTS) is 1. The molecule has 0 saturated heterocycles. The summed E-state index contributed by atoms with van der Waals surface area (Å²) in [7, 11) is 0. The highest BCUT2D eigenvalue weighted by Gasteiger charge is 2.18. The molecule has 0 aliphatic heterocycles. The van der Waals surface area contributed by atoms with Crippen molar-refractivity contribution in [3.05, 3.63) is 53.3 Å². The minimum absolute atomic E-state index is 0.264. The van der Waals surface area contributed by atoms with E-state index in [-0.39, 0.29) is 10.8 Å². The van der Waals surface area contributed by atoms with E-state index in [2.05, 4.69) is 12.1 Å². The van der Waals surface area contributed by atoms with Crippen molar-refractivity contribution >= 4 is 28.5 Å². The minimum Gasteiger partial charge on any atom is -0.480 e. The molecular formula is C21H20ClNO5. The Kier molecular flexibility index (Phi) is 6.21. The van der Waals surface area contributed by atoms with Gasteiger partial charge >= 0.3 is 5.97 Å². The molecule has 0 atom stereocenters. The summed E-state index contributed by atoms with van der Waals surface area (Å²) in [6.45, 7) is 3.50. The maximum Gasteiger partial charge on any atom is 0.341 e.